The highest BCUT2D eigenvalue weighted by molar-refractivity contribution is 5.28. The molecular weight excluding hydrogens is 244 g/mol. The van der Waals surface area contributed by atoms with Gasteiger partial charge in [0.15, 0.2) is 0 Å². The van der Waals surface area contributed by atoms with Gasteiger partial charge in [0, 0.05) is 31.7 Å². The second-order valence-corrected chi connectivity index (χ2v) is 6.68. The second kappa shape index (κ2) is 7.24. The smallest absolute Gasteiger partial charge is 0.0243 e. The molecule has 0 saturated carbocycles. The van der Waals surface area contributed by atoms with E-state index in [9.17, 15) is 0 Å². The lowest BCUT2D eigenvalue weighted by molar-refractivity contribution is 0.156. The minimum absolute atomic E-state index is 0.570. The number of nitrogens with zero attached hydrogens (tertiary/aromatic N) is 1. The van der Waals surface area contributed by atoms with Gasteiger partial charge >= 0.3 is 0 Å². The maximum atomic E-state index is 3.62. The van der Waals surface area contributed by atoms with Crippen molar-refractivity contribution in [3.63, 3.8) is 0 Å². The zero-order chi connectivity index (χ0) is 14.5. The van der Waals surface area contributed by atoms with E-state index in [1.54, 1.807) is 11.1 Å². The van der Waals surface area contributed by atoms with Crippen LogP contribution in [-0.2, 0) is 12.8 Å². The maximum absolute atomic E-state index is 3.62. The van der Waals surface area contributed by atoms with Crippen LogP contribution in [0.2, 0.25) is 0 Å². The molecule has 0 amide bonds. The van der Waals surface area contributed by atoms with Gasteiger partial charge in [0.25, 0.3) is 0 Å². The SMILES string of the molecule is CC(C)NCC(C(C)C)N1CCc2ccccc2CC1. The van der Waals surface area contributed by atoms with Crippen molar-refractivity contribution in [3.05, 3.63) is 35.4 Å². The fourth-order valence-electron chi connectivity index (χ4n) is 3.16. The van der Waals surface area contributed by atoms with E-state index in [-0.39, 0.29) is 0 Å². The van der Waals surface area contributed by atoms with Crippen molar-refractivity contribution >= 4 is 0 Å². The first-order valence-electron chi connectivity index (χ1n) is 8.12. The Morgan fingerprint density at radius 2 is 1.55 bits per heavy atom. The summed E-state index contributed by atoms with van der Waals surface area (Å²) in [6, 6.07) is 10.2. The van der Waals surface area contributed by atoms with Gasteiger partial charge in [-0.3, -0.25) is 4.90 Å². The lowest BCUT2D eigenvalue weighted by Crippen LogP contribution is -2.48. The van der Waals surface area contributed by atoms with Crippen molar-refractivity contribution in [3.8, 4) is 0 Å². The summed E-state index contributed by atoms with van der Waals surface area (Å²) in [7, 11) is 0. The molecule has 2 heteroatoms. The summed E-state index contributed by atoms with van der Waals surface area (Å²) in [6.07, 6.45) is 2.39. The van der Waals surface area contributed by atoms with Crippen molar-refractivity contribution in [2.24, 2.45) is 5.92 Å². The van der Waals surface area contributed by atoms with Gasteiger partial charge in [0.1, 0.15) is 0 Å². The zero-order valence-electron chi connectivity index (χ0n) is 13.5. The summed E-state index contributed by atoms with van der Waals surface area (Å²) in [6.45, 7) is 12.7. The number of hydrogen-bond acceptors (Lipinski definition) is 2. The van der Waals surface area contributed by atoms with Crippen molar-refractivity contribution < 1.29 is 0 Å². The molecule has 20 heavy (non-hydrogen) atoms. The number of nitrogens with one attached hydrogen (secondary N) is 1. The van der Waals surface area contributed by atoms with E-state index < -0.39 is 0 Å². The third-order valence-corrected chi connectivity index (χ3v) is 4.43. The molecule has 0 aromatic heterocycles. The molecule has 1 aliphatic rings. The topological polar surface area (TPSA) is 15.3 Å². The van der Waals surface area contributed by atoms with Crippen molar-refractivity contribution in [2.75, 3.05) is 19.6 Å². The molecule has 1 aliphatic heterocycles. The van der Waals surface area contributed by atoms with Gasteiger partial charge in [-0.15, -0.1) is 0 Å². The quantitative estimate of drug-likeness (QED) is 0.887. The van der Waals surface area contributed by atoms with E-state index in [1.807, 2.05) is 0 Å². The average molecular weight is 274 g/mol. The highest BCUT2D eigenvalue weighted by atomic mass is 15.2. The molecule has 1 aromatic carbocycles. The van der Waals surface area contributed by atoms with Crippen molar-refractivity contribution in [2.45, 2.75) is 52.6 Å². The Balaban J connectivity index is 2.01. The predicted molar refractivity (Wildman–Crippen MR) is 87.2 cm³/mol. The van der Waals surface area contributed by atoms with Crippen LogP contribution in [0.3, 0.4) is 0 Å². The molecule has 1 aromatic rings. The first-order valence-corrected chi connectivity index (χ1v) is 8.12. The molecular formula is C18H30N2. The maximum Gasteiger partial charge on any atom is 0.0243 e. The summed E-state index contributed by atoms with van der Waals surface area (Å²) in [5, 5.41) is 3.62. The molecule has 1 atom stereocenters. The first kappa shape index (κ1) is 15.5. The van der Waals surface area contributed by atoms with E-state index in [1.165, 1.54) is 25.9 Å². The van der Waals surface area contributed by atoms with E-state index in [2.05, 4.69) is 62.2 Å². The van der Waals surface area contributed by atoms with Crippen molar-refractivity contribution in [1.29, 1.82) is 0 Å². The van der Waals surface area contributed by atoms with Crippen LogP contribution in [0, 0.1) is 5.92 Å². The summed E-state index contributed by atoms with van der Waals surface area (Å²) < 4.78 is 0. The van der Waals surface area contributed by atoms with Crippen LogP contribution in [0.1, 0.15) is 38.8 Å². The van der Waals surface area contributed by atoms with Gasteiger partial charge in [0.05, 0.1) is 0 Å². The fraction of sp³-hybridized carbons (Fsp3) is 0.667. The molecule has 0 aliphatic carbocycles. The Kier molecular flexibility index (Phi) is 5.62. The zero-order valence-corrected chi connectivity index (χ0v) is 13.5. The van der Waals surface area contributed by atoms with E-state index in [0.717, 1.165) is 6.54 Å². The van der Waals surface area contributed by atoms with Crippen LogP contribution in [0.25, 0.3) is 0 Å². The van der Waals surface area contributed by atoms with Gasteiger partial charge in [0.2, 0.25) is 0 Å². The third-order valence-electron chi connectivity index (χ3n) is 4.43. The molecule has 2 nitrogen and oxygen atoms in total. The largest absolute Gasteiger partial charge is 0.313 e. The molecule has 1 unspecified atom stereocenters. The molecule has 1 heterocycles. The number of hydrogen-bond donors (Lipinski definition) is 1. The molecule has 2 rings (SSSR count). The second-order valence-electron chi connectivity index (χ2n) is 6.68. The Hall–Kier alpha value is -0.860. The summed E-state index contributed by atoms with van der Waals surface area (Å²) in [5.74, 6) is 0.697. The molecule has 0 fully saturated rings. The van der Waals surface area contributed by atoms with Crippen LogP contribution in [0.15, 0.2) is 24.3 Å². The Morgan fingerprint density at radius 1 is 1.00 bits per heavy atom. The van der Waals surface area contributed by atoms with Crippen LogP contribution in [-0.4, -0.2) is 36.6 Å². The summed E-state index contributed by atoms with van der Waals surface area (Å²) >= 11 is 0. The van der Waals surface area contributed by atoms with Gasteiger partial charge in [-0.2, -0.15) is 0 Å². The summed E-state index contributed by atoms with van der Waals surface area (Å²) in [4.78, 5) is 2.69. The normalized spacial score (nSPS) is 18.1. The highest BCUT2D eigenvalue weighted by Crippen LogP contribution is 2.19. The monoisotopic (exact) mass is 274 g/mol. The molecule has 0 bridgehead atoms. The molecule has 0 saturated heterocycles. The van der Waals surface area contributed by atoms with Crippen LogP contribution in [0.4, 0.5) is 0 Å². The number of rotatable bonds is 5. The van der Waals surface area contributed by atoms with E-state index >= 15 is 0 Å². The average Bonchev–Trinajstić information content (AvgIpc) is 2.61. The van der Waals surface area contributed by atoms with Gasteiger partial charge in [-0.25, -0.2) is 0 Å². The minimum Gasteiger partial charge on any atom is -0.313 e. The van der Waals surface area contributed by atoms with Crippen LogP contribution in [0.5, 0.6) is 0 Å². The molecule has 1 N–H and O–H groups in total. The Morgan fingerprint density at radius 3 is 2.00 bits per heavy atom. The third kappa shape index (κ3) is 4.07. The van der Waals surface area contributed by atoms with Crippen molar-refractivity contribution in [1.82, 2.24) is 10.2 Å². The minimum atomic E-state index is 0.570. The molecule has 0 radical (unpaired) electrons. The van der Waals surface area contributed by atoms with Gasteiger partial charge in [-0.1, -0.05) is 52.0 Å². The highest BCUT2D eigenvalue weighted by Gasteiger charge is 2.23. The Bertz CT molecular complexity index is 385. The van der Waals surface area contributed by atoms with Gasteiger partial charge in [-0.05, 0) is 29.9 Å². The summed E-state index contributed by atoms with van der Waals surface area (Å²) in [5.41, 5.74) is 3.10. The number of benzene rings is 1. The predicted octanol–water partition coefficient (Wildman–Crippen LogP) is 3.11. The van der Waals surface area contributed by atoms with E-state index in [0.29, 0.717) is 18.0 Å². The van der Waals surface area contributed by atoms with Crippen LogP contribution >= 0.6 is 0 Å². The van der Waals surface area contributed by atoms with Crippen LogP contribution < -0.4 is 5.32 Å². The van der Waals surface area contributed by atoms with E-state index in [4.69, 9.17) is 0 Å². The lowest BCUT2D eigenvalue weighted by Gasteiger charge is -2.34. The molecule has 112 valence electrons. The van der Waals surface area contributed by atoms with Gasteiger partial charge < -0.3 is 5.32 Å². The standard InChI is InChI=1S/C18H30N2/c1-14(2)18(13-19-15(3)4)20-11-9-16-7-5-6-8-17(16)10-12-20/h5-8,14-15,18-19H,9-13H2,1-4H3. The Labute approximate surface area is 124 Å². The fourth-order valence-corrected chi connectivity index (χ4v) is 3.16. The first-order chi connectivity index (χ1) is 9.58. The number of fused-ring (bicyclic) bond motifs is 1. The lowest BCUT2D eigenvalue weighted by atomic mass is 10.0. The molecule has 0 spiro atoms.